The van der Waals surface area contributed by atoms with Crippen LogP contribution in [0.3, 0.4) is 0 Å². The molecule has 0 fully saturated rings. The predicted molar refractivity (Wildman–Crippen MR) is 160 cm³/mol. The largest absolute Gasteiger partial charge is 0.481 e. The lowest BCUT2D eigenvalue weighted by Crippen LogP contribution is -1.98. The molecule has 10 nitrogen and oxygen atoms in total. The number of hydrogen-bond donors (Lipinski definition) is 4. The molecule has 3 aromatic rings. The van der Waals surface area contributed by atoms with Crippen LogP contribution in [-0.2, 0) is 20.8 Å². The van der Waals surface area contributed by atoms with Gasteiger partial charge >= 0.3 is 11.9 Å². The van der Waals surface area contributed by atoms with Gasteiger partial charge in [-0.1, -0.05) is 0 Å². The molecular weight excluding hydrogens is 536 g/mol. The van der Waals surface area contributed by atoms with Gasteiger partial charge in [0.15, 0.2) is 12.6 Å². The standard InChI is InChI=1S/C32H30N4O6/c1-15-19(5-7-31(39)40)27-12-28-20(6-8-32(41)42)16(2)25(34-28)10-29-22(14-38)18(4)26(36-29)11-30-21(13-37)17(3)24(35-30)9-23(15)33-27/h9-14,34-35H,5-8H2,1-4H3,(H,39,40)(H,41,42). The monoisotopic (exact) mass is 566 g/mol. The zero-order chi connectivity index (χ0) is 30.3. The quantitative estimate of drug-likeness (QED) is 0.253. The molecular formula is C32H30N4O6. The van der Waals surface area contributed by atoms with E-state index in [1.165, 1.54) is 0 Å². The Balaban J connectivity index is 1.94. The Morgan fingerprint density at radius 2 is 1.24 bits per heavy atom. The number of aliphatic carboxylic acids is 2. The van der Waals surface area contributed by atoms with E-state index in [1.54, 1.807) is 19.1 Å². The van der Waals surface area contributed by atoms with Gasteiger partial charge in [-0.2, -0.15) is 0 Å². The summed E-state index contributed by atoms with van der Waals surface area (Å²) in [6.07, 6.45) is 1.86. The third-order valence-electron chi connectivity index (χ3n) is 8.05. The Kier molecular flexibility index (Phi) is 7.47. The number of rotatable bonds is 8. The molecule has 0 unspecified atom stereocenters. The van der Waals surface area contributed by atoms with Gasteiger partial charge in [0.1, 0.15) is 0 Å². The van der Waals surface area contributed by atoms with Crippen molar-refractivity contribution < 1.29 is 29.4 Å². The second-order valence-electron chi connectivity index (χ2n) is 10.6. The Bertz CT molecular complexity index is 1920. The summed E-state index contributed by atoms with van der Waals surface area (Å²) in [4.78, 5) is 63.5. The third-order valence-corrected chi connectivity index (χ3v) is 8.05. The van der Waals surface area contributed by atoms with Crippen molar-refractivity contribution in [3.8, 4) is 0 Å². The second kappa shape index (κ2) is 11.0. The van der Waals surface area contributed by atoms with Crippen LogP contribution in [0, 0.1) is 13.8 Å². The van der Waals surface area contributed by atoms with E-state index >= 15 is 0 Å². The first-order valence-electron chi connectivity index (χ1n) is 13.5. The highest BCUT2D eigenvalue weighted by Crippen LogP contribution is 2.35. The Hall–Kier alpha value is -5.12. The van der Waals surface area contributed by atoms with Gasteiger partial charge in [0, 0.05) is 40.5 Å². The summed E-state index contributed by atoms with van der Waals surface area (Å²) < 4.78 is 0. The number of fused-ring (bicyclic) bond motifs is 8. The summed E-state index contributed by atoms with van der Waals surface area (Å²) >= 11 is 0. The molecule has 214 valence electrons. The van der Waals surface area contributed by atoms with E-state index in [2.05, 4.69) is 9.97 Å². The van der Waals surface area contributed by atoms with Crippen molar-refractivity contribution in [2.75, 3.05) is 0 Å². The van der Waals surface area contributed by atoms with Crippen LogP contribution < -0.4 is 0 Å². The Morgan fingerprint density at radius 1 is 0.690 bits per heavy atom. The van der Waals surface area contributed by atoms with Gasteiger partial charge in [-0.05, 0) is 98.2 Å². The molecule has 10 heteroatoms. The zero-order valence-corrected chi connectivity index (χ0v) is 23.7. The van der Waals surface area contributed by atoms with Gasteiger partial charge in [-0.15, -0.1) is 0 Å². The summed E-state index contributed by atoms with van der Waals surface area (Å²) in [7, 11) is 0. The van der Waals surface area contributed by atoms with Crippen LogP contribution in [0.4, 0.5) is 0 Å². The minimum Gasteiger partial charge on any atom is -0.481 e. The fourth-order valence-corrected chi connectivity index (χ4v) is 5.55. The molecule has 0 aliphatic carbocycles. The number of aldehydes is 2. The minimum atomic E-state index is -0.932. The summed E-state index contributed by atoms with van der Waals surface area (Å²) in [6.45, 7) is 7.39. The molecule has 0 saturated carbocycles. The number of carbonyl (C=O) groups is 4. The van der Waals surface area contributed by atoms with Crippen molar-refractivity contribution in [3.63, 3.8) is 0 Å². The predicted octanol–water partition coefficient (Wildman–Crippen LogP) is 5.69. The fraction of sp³-hybridized carbons (Fsp3) is 0.250. The maximum atomic E-state index is 12.2. The first-order chi connectivity index (χ1) is 20.0. The molecule has 5 rings (SSSR count). The van der Waals surface area contributed by atoms with E-state index in [0.717, 1.165) is 34.8 Å². The topological polar surface area (TPSA) is 166 Å². The Labute approximate surface area is 240 Å². The van der Waals surface area contributed by atoms with E-state index in [-0.39, 0.29) is 25.7 Å². The molecule has 2 aliphatic heterocycles. The van der Waals surface area contributed by atoms with Crippen LogP contribution in [0.15, 0.2) is 24.3 Å². The first-order valence-corrected chi connectivity index (χ1v) is 13.5. The molecule has 5 heterocycles. The number of allylic oxidation sites excluding steroid dienone is 4. The molecule has 0 aromatic carbocycles. The van der Waals surface area contributed by atoms with Crippen molar-refractivity contribution in [2.45, 2.75) is 53.4 Å². The summed E-state index contributed by atoms with van der Waals surface area (Å²) in [5.74, 6) is -1.86. The van der Waals surface area contributed by atoms with Crippen LogP contribution >= 0.6 is 0 Å². The molecule has 0 atom stereocenters. The average Bonchev–Trinajstić information content (AvgIpc) is 3.59. The van der Waals surface area contributed by atoms with Crippen LogP contribution in [0.5, 0.6) is 0 Å². The summed E-state index contributed by atoms with van der Waals surface area (Å²) in [5.41, 5.74) is 10.1. The Morgan fingerprint density at radius 3 is 1.90 bits per heavy atom. The number of carboxylic acids is 2. The maximum Gasteiger partial charge on any atom is 0.303 e. The molecule has 0 spiro atoms. The summed E-state index contributed by atoms with van der Waals surface area (Å²) in [5, 5.41) is 18.8. The SMILES string of the molecule is CC1=C(C=O)c2cc3[nH]c(cc4nc(cc5[nH]c(cc1n2)c(C=O)c5C)C(C)=C4CCC(=O)O)c(CCC(=O)O)c3C. The number of aromatic nitrogens is 4. The molecule has 0 saturated heterocycles. The van der Waals surface area contributed by atoms with Crippen LogP contribution in [0.1, 0.15) is 82.9 Å². The summed E-state index contributed by atoms with van der Waals surface area (Å²) in [6, 6.07) is 7.16. The normalized spacial score (nSPS) is 13.0. The van der Waals surface area contributed by atoms with Gasteiger partial charge in [0.25, 0.3) is 0 Å². The van der Waals surface area contributed by atoms with E-state index in [4.69, 9.17) is 9.97 Å². The second-order valence-corrected chi connectivity index (χ2v) is 10.6. The van der Waals surface area contributed by atoms with Gasteiger partial charge in [0.2, 0.25) is 0 Å². The smallest absolute Gasteiger partial charge is 0.303 e. The highest BCUT2D eigenvalue weighted by atomic mass is 16.4. The molecule has 3 aromatic heterocycles. The highest BCUT2D eigenvalue weighted by Gasteiger charge is 2.21. The van der Waals surface area contributed by atoms with Crippen molar-refractivity contribution in [2.24, 2.45) is 0 Å². The number of aryl methyl sites for hydroxylation is 3. The minimum absolute atomic E-state index is 0.0863. The molecule has 0 radical (unpaired) electrons. The first kappa shape index (κ1) is 28.4. The molecule has 0 amide bonds. The number of hydrogen-bond acceptors (Lipinski definition) is 6. The van der Waals surface area contributed by atoms with E-state index in [0.29, 0.717) is 67.1 Å². The molecule has 42 heavy (non-hydrogen) atoms. The molecule has 8 bridgehead atoms. The van der Waals surface area contributed by atoms with E-state index < -0.39 is 11.9 Å². The van der Waals surface area contributed by atoms with E-state index in [1.807, 2.05) is 32.9 Å². The molecule has 2 aliphatic rings. The number of aromatic amines is 2. The maximum absolute atomic E-state index is 12.2. The third kappa shape index (κ3) is 5.07. The number of nitrogens with zero attached hydrogens (tertiary/aromatic N) is 2. The van der Waals surface area contributed by atoms with Gasteiger partial charge in [-0.25, -0.2) is 9.97 Å². The van der Waals surface area contributed by atoms with Gasteiger partial charge in [-0.3, -0.25) is 19.2 Å². The van der Waals surface area contributed by atoms with Crippen LogP contribution in [0.25, 0.3) is 44.4 Å². The number of carboxylic acid groups (broad SMARTS) is 2. The highest BCUT2D eigenvalue weighted by molar-refractivity contribution is 6.18. The van der Waals surface area contributed by atoms with Crippen LogP contribution in [0.2, 0.25) is 0 Å². The van der Waals surface area contributed by atoms with Crippen molar-refractivity contribution in [3.05, 3.63) is 69.3 Å². The number of nitrogens with one attached hydrogen (secondary N) is 2. The van der Waals surface area contributed by atoms with Crippen LogP contribution in [-0.4, -0.2) is 54.7 Å². The van der Waals surface area contributed by atoms with Crippen molar-refractivity contribution in [1.29, 1.82) is 0 Å². The lowest BCUT2D eigenvalue weighted by molar-refractivity contribution is -0.137. The van der Waals surface area contributed by atoms with Gasteiger partial charge in [0.05, 0.1) is 28.3 Å². The fourth-order valence-electron chi connectivity index (χ4n) is 5.55. The van der Waals surface area contributed by atoms with E-state index in [9.17, 15) is 29.4 Å². The van der Waals surface area contributed by atoms with Crippen molar-refractivity contribution in [1.82, 2.24) is 19.9 Å². The van der Waals surface area contributed by atoms with Gasteiger partial charge < -0.3 is 20.2 Å². The lowest BCUT2D eigenvalue weighted by atomic mass is 10.0. The van der Waals surface area contributed by atoms with Crippen molar-refractivity contribution >= 4 is 68.9 Å². The number of H-pyrrole nitrogens is 2. The molecule has 4 N–H and O–H groups in total. The number of carbonyl (C=O) groups excluding carboxylic acids is 2. The zero-order valence-electron chi connectivity index (χ0n) is 23.7. The lowest BCUT2D eigenvalue weighted by Gasteiger charge is -2.03. The average molecular weight is 567 g/mol.